The zero-order valence-corrected chi connectivity index (χ0v) is 47.4. The van der Waals surface area contributed by atoms with E-state index in [4.69, 9.17) is 33.2 Å². The molecule has 7 nitrogen and oxygen atoms in total. The van der Waals surface area contributed by atoms with Crippen molar-refractivity contribution in [2.75, 3.05) is 39.6 Å². The van der Waals surface area contributed by atoms with Crippen LogP contribution in [-0.2, 0) is 33.2 Å². The zero-order valence-electron chi connectivity index (χ0n) is 47.4. The Morgan fingerprint density at radius 3 is 0.783 bits per heavy atom. The Morgan fingerprint density at radius 2 is 0.507 bits per heavy atom. The average molecular weight is 980 g/mol. The van der Waals surface area contributed by atoms with Gasteiger partial charge in [0.15, 0.2) is 25.2 Å². The first-order chi connectivity index (χ1) is 34.1. The molecule has 0 aromatic carbocycles. The minimum atomic E-state index is -0.390. The van der Waals surface area contributed by atoms with Crippen LogP contribution in [0.4, 0.5) is 0 Å². The monoisotopic (exact) mass is 979 g/mol. The Kier molecular flexibility index (Phi) is 59.1. The number of allylic oxidation sites excluding steroid dienone is 2. The highest BCUT2D eigenvalue weighted by Gasteiger charge is 2.13. The molecule has 0 fully saturated rings. The molecule has 0 amide bonds. The Bertz CT molecular complexity index is 878. The van der Waals surface area contributed by atoms with Gasteiger partial charge in [-0.15, -0.1) is 0 Å². The molecule has 0 saturated carbocycles. The molecule has 0 aliphatic rings. The third-order valence-corrected chi connectivity index (χ3v) is 13.3. The summed E-state index contributed by atoms with van der Waals surface area (Å²) in [5, 5.41) is 0. The molecular formula is C62H122O7. The number of hydrogen-bond acceptors (Lipinski definition) is 7. The molecule has 0 heterocycles. The van der Waals surface area contributed by atoms with Crippen molar-refractivity contribution >= 4 is 0 Å². The highest BCUT2D eigenvalue weighted by Crippen LogP contribution is 2.18. The van der Waals surface area contributed by atoms with Gasteiger partial charge in [-0.3, -0.25) is 0 Å². The van der Waals surface area contributed by atoms with E-state index in [0.29, 0.717) is 13.2 Å². The maximum atomic E-state index is 6.26. The summed E-state index contributed by atoms with van der Waals surface area (Å²) in [6.45, 7) is 17.8. The lowest BCUT2D eigenvalue weighted by molar-refractivity contribution is -0.204. The van der Waals surface area contributed by atoms with Crippen molar-refractivity contribution in [3.8, 4) is 0 Å². The summed E-state index contributed by atoms with van der Waals surface area (Å²) in [4.78, 5) is 0. The van der Waals surface area contributed by atoms with Gasteiger partial charge < -0.3 is 33.2 Å². The molecule has 0 aliphatic carbocycles. The molecule has 412 valence electrons. The standard InChI is InChI=1S/C62H122O7/c1-7-13-17-21-39-47-55-65-59(66-56-48-40-22-18-14-8-2)51-43-35-31-27-25-29-33-37-45-53-61(63-11-5)69-62(64-12-6)54-46-38-34-30-26-28-32-36-44-52-60(67-57-49-41-23-19-15-9-3)68-58-50-42-24-20-16-10-4/h45-46,53-54,59-62H,7-44,47-52,55-58H2,1-6H3. The second-order valence-electron chi connectivity index (χ2n) is 20.2. The molecule has 0 aromatic rings. The topological polar surface area (TPSA) is 64.6 Å². The van der Waals surface area contributed by atoms with Gasteiger partial charge >= 0.3 is 0 Å². The molecule has 0 aliphatic heterocycles. The van der Waals surface area contributed by atoms with Gasteiger partial charge in [0.2, 0.25) is 0 Å². The molecule has 0 spiro atoms. The van der Waals surface area contributed by atoms with Gasteiger partial charge in [-0.05, 0) is 103 Å². The van der Waals surface area contributed by atoms with Crippen molar-refractivity contribution in [1.29, 1.82) is 0 Å². The van der Waals surface area contributed by atoms with Crippen molar-refractivity contribution < 1.29 is 33.2 Å². The molecule has 7 heteroatoms. The fourth-order valence-electron chi connectivity index (χ4n) is 8.89. The van der Waals surface area contributed by atoms with Crippen LogP contribution in [0.15, 0.2) is 24.3 Å². The molecule has 0 aromatic heterocycles. The molecule has 0 radical (unpaired) electrons. The van der Waals surface area contributed by atoms with E-state index in [1.165, 1.54) is 218 Å². The minimum absolute atomic E-state index is 0.0152. The Balaban J connectivity index is 4.31. The molecule has 0 saturated heterocycles. The summed E-state index contributed by atoms with van der Waals surface area (Å²) in [5.74, 6) is 0. The van der Waals surface area contributed by atoms with Gasteiger partial charge in [-0.2, -0.15) is 0 Å². The quantitative estimate of drug-likeness (QED) is 0.0342. The Labute approximate surface area is 431 Å². The van der Waals surface area contributed by atoms with Crippen LogP contribution in [-0.4, -0.2) is 64.8 Å². The summed E-state index contributed by atoms with van der Waals surface area (Å²) in [7, 11) is 0. The second-order valence-corrected chi connectivity index (χ2v) is 20.2. The first kappa shape index (κ1) is 68.2. The highest BCUT2D eigenvalue weighted by molar-refractivity contribution is 4.89. The lowest BCUT2D eigenvalue weighted by Gasteiger charge is -2.20. The number of rotatable bonds is 60. The summed E-state index contributed by atoms with van der Waals surface area (Å²) in [6.07, 6.45) is 60.9. The second kappa shape index (κ2) is 59.8. The summed E-state index contributed by atoms with van der Waals surface area (Å²) in [6, 6.07) is 0. The summed E-state index contributed by atoms with van der Waals surface area (Å²) in [5.41, 5.74) is 0. The van der Waals surface area contributed by atoms with Crippen molar-refractivity contribution in [2.24, 2.45) is 0 Å². The van der Waals surface area contributed by atoms with Crippen LogP contribution < -0.4 is 0 Å². The predicted molar refractivity (Wildman–Crippen MR) is 298 cm³/mol. The Morgan fingerprint density at radius 1 is 0.261 bits per heavy atom. The molecule has 2 unspecified atom stereocenters. The first-order valence-corrected chi connectivity index (χ1v) is 30.8. The fourth-order valence-corrected chi connectivity index (χ4v) is 8.89. The van der Waals surface area contributed by atoms with E-state index in [0.717, 1.165) is 77.8 Å². The lowest BCUT2D eigenvalue weighted by atomic mass is 10.1. The largest absolute Gasteiger partial charge is 0.353 e. The first-order valence-electron chi connectivity index (χ1n) is 30.8. The van der Waals surface area contributed by atoms with Crippen LogP contribution in [0.25, 0.3) is 0 Å². The van der Waals surface area contributed by atoms with Gasteiger partial charge in [0.05, 0.1) is 0 Å². The smallest absolute Gasteiger partial charge is 0.180 e. The van der Waals surface area contributed by atoms with E-state index >= 15 is 0 Å². The summed E-state index contributed by atoms with van der Waals surface area (Å²) < 4.78 is 43.2. The highest BCUT2D eigenvalue weighted by atomic mass is 16.8. The van der Waals surface area contributed by atoms with E-state index in [1.54, 1.807) is 0 Å². The lowest BCUT2D eigenvalue weighted by Crippen LogP contribution is -2.24. The van der Waals surface area contributed by atoms with Gasteiger partial charge in [0.1, 0.15) is 0 Å². The van der Waals surface area contributed by atoms with E-state index in [2.05, 4.69) is 52.0 Å². The Hall–Kier alpha value is -0.800. The number of hydrogen-bond donors (Lipinski definition) is 0. The molecule has 0 bridgehead atoms. The van der Waals surface area contributed by atoms with Crippen LogP contribution in [0.5, 0.6) is 0 Å². The van der Waals surface area contributed by atoms with Crippen molar-refractivity contribution in [2.45, 2.75) is 336 Å². The van der Waals surface area contributed by atoms with E-state index in [9.17, 15) is 0 Å². The molecular weight excluding hydrogens is 857 g/mol. The van der Waals surface area contributed by atoms with Crippen molar-refractivity contribution in [3.05, 3.63) is 24.3 Å². The zero-order chi connectivity index (χ0) is 50.0. The minimum Gasteiger partial charge on any atom is -0.353 e. The van der Waals surface area contributed by atoms with Gasteiger partial charge in [-0.1, -0.05) is 232 Å². The predicted octanol–water partition coefficient (Wildman–Crippen LogP) is 20.0. The van der Waals surface area contributed by atoms with E-state index < -0.39 is 12.6 Å². The van der Waals surface area contributed by atoms with Gasteiger partial charge in [-0.25, -0.2) is 0 Å². The van der Waals surface area contributed by atoms with Crippen LogP contribution in [0.2, 0.25) is 0 Å². The normalized spacial score (nSPS) is 13.1. The molecule has 2 atom stereocenters. The molecule has 0 N–H and O–H groups in total. The maximum absolute atomic E-state index is 6.26. The van der Waals surface area contributed by atoms with Crippen LogP contribution in [0.3, 0.4) is 0 Å². The van der Waals surface area contributed by atoms with E-state index in [-0.39, 0.29) is 12.6 Å². The van der Waals surface area contributed by atoms with Gasteiger partial charge in [0, 0.05) is 39.6 Å². The van der Waals surface area contributed by atoms with E-state index in [1.807, 2.05) is 13.8 Å². The third-order valence-electron chi connectivity index (χ3n) is 13.3. The van der Waals surface area contributed by atoms with Crippen LogP contribution in [0.1, 0.15) is 311 Å². The fraction of sp³-hybridized carbons (Fsp3) is 0.935. The van der Waals surface area contributed by atoms with Crippen LogP contribution >= 0.6 is 0 Å². The number of unbranched alkanes of at least 4 members (excludes halogenated alkanes) is 34. The average Bonchev–Trinajstić information content (AvgIpc) is 3.35. The summed E-state index contributed by atoms with van der Waals surface area (Å²) >= 11 is 0. The van der Waals surface area contributed by atoms with Crippen molar-refractivity contribution in [3.63, 3.8) is 0 Å². The maximum Gasteiger partial charge on any atom is 0.180 e. The third kappa shape index (κ3) is 53.3. The molecule has 69 heavy (non-hydrogen) atoms. The molecule has 0 rings (SSSR count). The SMILES string of the molecule is CCCCCCCCOC(CCCCCCCCCC=CC(OCC)OC(C=CCCCCCCCCCC(OCCCCCCCC)OCCCCCCCC)OCC)OCCCCCCCC. The van der Waals surface area contributed by atoms with Gasteiger partial charge in [0.25, 0.3) is 0 Å². The van der Waals surface area contributed by atoms with Crippen molar-refractivity contribution in [1.82, 2.24) is 0 Å². The van der Waals surface area contributed by atoms with Crippen LogP contribution in [0, 0.1) is 0 Å². The number of ether oxygens (including phenoxy) is 7.